The molecule has 14 nitrogen and oxygen atoms in total. The van der Waals surface area contributed by atoms with Crippen molar-refractivity contribution in [1.29, 1.82) is 0 Å². The minimum absolute atomic E-state index is 0.0288. The van der Waals surface area contributed by atoms with Gasteiger partial charge < -0.3 is 24.8 Å². The molecule has 2 saturated carbocycles. The van der Waals surface area contributed by atoms with Crippen molar-refractivity contribution in [1.82, 2.24) is 24.9 Å². The van der Waals surface area contributed by atoms with Gasteiger partial charge in [0.1, 0.15) is 40.5 Å². The molecule has 2 aliphatic carbocycles. The molecule has 4 heterocycles. The van der Waals surface area contributed by atoms with Crippen molar-refractivity contribution in [3.63, 3.8) is 0 Å². The van der Waals surface area contributed by atoms with Crippen LogP contribution in [0.25, 0.3) is 22.3 Å². The molecule has 0 bridgehead atoms. The van der Waals surface area contributed by atoms with E-state index in [1.165, 1.54) is 16.2 Å². The number of anilines is 1. The summed E-state index contributed by atoms with van der Waals surface area (Å²) in [6.45, 7) is 9.38. The number of carbonyl (C=O) groups is 3. The van der Waals surface area contributed by atoms with Gasteiger partial charge in [0, 0.05) is 35.4 Å². The van der Waals surface area contributed by atoms with Gasteiger partial charge in [-0.3, -0.25) is 19.2 Å². The van der Waals surface area contributed by atoms with E-state index >= 15 is 0 Å². The molecule has 3 N–H and O–H groups in total. The van der Waals surface area contributed by atoms with Crippen LogP contribution in [0.2, 0.25) is 0 Å². The molecule has 4 fully saturated rings. The van der Waals surface area contributed by atoms with Crippen LogP contribution in [-0.2, 0) is 24.3 Å². The van der Waals surface area contributed by atoms with Crippen LogP contribution in [0.4, 0.5) is 9.93 Å². The predicted molar refractivity (Wildman–Crippen MR) is 223 cm³/mol. The fraction of sp³-hybridized carbons (Fsp3) is 0.643. The van der Waals surface area contributed by atoms with Crippen molar-refractivity contribution in [2.24, 2.45) is 5.92 Å². The van der Waals surface area contributed by atoms with E-state index in [9.17, 15) is 22.8 Å². The van der Waals surface area contributed by atoms with Gasteiger partial charge in [-0.25, -0.2) is 23.2 Å². The maximum absolute atomic E-state index is 14.5. The van der Waals surface area contributed by atoms with E-state index < -0.39 is 56.0 Å². The molecule has 1 spiro atoms. The van der Waals surface area contributed by atoms with E-state index in [-0.39, 0.29) is 24.9 Å². The van der Waals surface area contributed by atoms with Gasteiger partial charge in [-0.15, -0.1) is 11.3 Å². The number of ether oxygens (including phenoxy) is 3. The second-order valence-corrected chi connectivity index (χ2v) is 20.8. The Balaban J connectivity index is 1.16. The third-order valence-electron chi connectivity index (χ3n) is 11.8. The van der Waals surface area contributed by atoms with Crippen molar-refractivity contribution in [3.05, 3.63) is 29.6 Å². The second-order valence-electron chi connectivity index (χ2n) is 17.8. The molecule has 2 aromatic heterocycles. The third kappa shape index (κ3) is 9.17. The van der Waals surface area contributed by atoms with Gasteiger partial charge in [0.15, 0.2) is 5.13 Å². The van der Waals surface area contributed by atoms with Crippen molar-refractivity contribution >= 4 is 55.3 Å². The lowest BCUT2D eigenvalue weighted by Gasteiger charge is -2.29. The number of pyridine rings is 1. The van der Waals surface area contributed by atoms with Crippen molar-refractivity contribution in [2.45, 2.75) is 152 Å². The summed E-state index contributed by atoms with van der Waals surface area (Å²) in [7, 11) is -2.38. The highest BCUT2D eigenvalue weighted by molar-refractivity contribution is 7.91. The fourth-order valence-electron chi connectivity index (χ4n) is 8.37. The number of hydrogen-bond donors (Lipinski definition) is 3. The average molecular weight is 839 g/mol. The first kappa shape index (κ1) is 42.0. The summed E-state index contributed by atoms with van der Waals surface area (Å²) in [4.78, 5) is 53.4. The van der Waals surface area contributed by atoms with E-state index in [4.69, 9.17) is 24.2 Å². The van der Waals surface area contributed by atoms with Gasteiger partial charge in [-0.1, -0.05) is 44.9 Å². The average Bonchev–Trinajstić information content (AvgIpc) is 3.98. The minimum Gasteiger partial charge on any atom is -0.497 e. The summed E-state index contributed by atoms with van der Waals surface area (Å²) < 4.78 is 46.9. The van der Waals surface area contributed by atoms with Crippen LogP contribution in [0.5, 0.6) is 11.5 Å². The number of benzene rings is 1. The Morgan fingerprint density at radius 2 is 1.72 bits per heavy atom. The van der Waals surface area contributed by atoms with Gasteiger partial charge >= 0.3 is 6.09 Å². The van der Waals surface area contributed by atoms with Crippen LogP contribution in [0.15, 0.2) is 29.6 Å². The Labute approximate surface area is 345 Å². The third-order valence-corrected chi connectivity index (χ3v) is 14.8. The number of amides is 3. The number of methoxy groups -OCH3 is 1. The van der Waals surface area contributed by atoms with Crippen LogP contribution in [0.3, 0.4) is 0 Å². The van der Waals surface area contributed by atoms with Crippen molar-refractivity contribution < 1.29 is 37.0 Å². The first-order valence-corrected chi connectivity index (χ1v) is 23.1. The van der Waals surface area contributed by atoms with E-state index in [1.54, 1.807) is 27.9 Å². The largest absolute Gasteiger partial charge is 0.497 e. The summed E-state index contributed by atoms with van der Waals surface area (Å²) in [6, 6.07) is 6.45. The molecular weight excluding hydrogens is 781 g/mol. The SMILES string of the molecule is COc1ccc2c(O[C@@H]3C[C@@H](C(=O)N[C@]45C[C@@H]4CCCCCCCCCC4(CC4)S(=O)(=O)NC5=O)N(C(=O)OC(C)(C)C)C3)cc(-c3csc(NC(C)C)n3)nc2c1. The van der Waals surface area contributed by atoms with Crippen molar-refractivity contribution in [2.75, 3.05) is 19.0 Å². The topological polar surface area (TPSA) is 178 Å². The number of nitrogens with one attached hydrogen (secondary N) is 3. The molecule has 3 aromatic rings. The van der Waals surface area contributed by atoms with Gasteiger partial charge in [0.25, 0.3) is 5.91 Å². The van der Waals surface area contributed by atoms with Crippen LogP contribution >= 0.6 is 11.3 Å². The predicted octanol–water partition coefficient (Wildman–Crippen LogP) is 7.32. The number of likely N-dealkylation sites (tertiary alicyclic amines) is 1. The second kappa shape index (κ2) is 16.5. The number of rotatable bonds is 8. The molecule has 316 valence electrons. The number of aromatic nitrogens is 2. The minimum atomic E-state index is -3.97. The molecule has 7 rings (SSSR count). The molecule has 0 radical (unpaired) electrons. The standard InChI is InChI=1S/C42H58N6O8S2/c1-26(2)43-38-45-33(25-57-38)32-22-35(30-16-15-28(54-6)20-31(30)44-32)55-29-21-34(48(24-29)39(51)56-40(3,4)5)36(49)46-42-23-27(42)14-12-10-8-7-9-11-13-17-41(18-19-41)58(52,53)47-37(42)50/h15-16,20,22,25-27,29,34H,7-14,17-19,21,23-24H2,1-6H3,(H,43,45)(H,46,49)(H,47,50)/t27-,29+,34-,42+/m0/s1. The summed E-state index contributed by atoms with van der Waals surface area (Å²) in [5.41, 5.74) is -0.387. The van der Waals surface area contributed by atoms with Gasteiger partial charge in [0.2, 0.25) is 15.9 Å². The molecule has 4 atom stereocenters. The molecule has 2 aliphatic heterocycles. The zero-order chi connectivity index (χ0) is 41.5. The number of carbonyl (C=O) groups excluding carboxylic acids is 3. The van der Waals surface area contributed by atoms with Gasteiger partial charge in [-0.05, 0) is 84.8 Å². The van der Waals surface area contributed by atoms with Gasteiger partial charge in [-0.2, -0.15) is 0 Å². The number of thiazole rings is 1. The first-order valence-electron chi connectivity index (χ1n) is 20.8. The van der Waals surface area contributed by atoms with E-state index in [0.29, 0.717) is 65.9 Å². The lowest BCUT2D eigenvalue weighted by atomic mass is 10.0. The smallest absolute Gasteiger partial charge is 0.411 e. The monoisotopic (exact) mass is 838 g/mol. The molecule has 58 heavy (non-hydrogen) atoms. The summed E-state index contributed by atoms with van der Waals surface area (Å²) >= 11 is 1.47. The fourth-order valence-corrected chi connectivity index (χ4v) is 10.9. The summed E-state index contributed by atoms with van der Waals surface area (Å²) in [5, 5.41) is 9.72. The number of nitrogens with zero attached hydrogens (tertiary/aromatic N) is 3. The molecule has 2 saturated heterocycles. The maximum atomic E-state index is 14.5. The zero-order valence-electron chi connectivity index (χ0n) is 34.5. The summed E-state index contributed by atoms with van der Waals surface area (Å²) in [5.74, 6) is -0.362. The molecule has 3 amide bonds. The van der Waals surface area contributed by atoms with E-state index in [1.807, 2.05) is 43.5 Å². The molecule has 16 heteroatoms. The number of sulfonamides is 1. The Morgan fingerprint density at radius 3 is 2.41 bits per heavy atom. The highest BCUT2D eigenvalue weighted by Crippen LogP contribution is 2.51. The molecule has 4 aliphatic rings. The van der Waals surface area contributed by atoms with E-state index in [0.717, 1.165) is 50.1 Å². The number of hydrogen-bond acceptors (Lipinski definition) is 12. The maximum Gasteiger partial charge on any atom is 0.411 e. The van der Waals surface area contributed by atoms with Crippen LogP contribution in [0, 0.1) is 5.92 Å². The molecular formula is C42H58N6O8S2. The Kier molecular flexibility index (Phi) is 11.9. The van der Waals surface area contributed by atoms with Crippen LogP contribution in [-0.4, -0.2) is 88.9 Å². The van der Waals surface area contributed by atoms with E-state index in [2.05, 4.69) is 15.4 Å². The van der Waals surface area contributed by atoms with Crippen LogP contribution < -0.4 is 24.8 Å². The summed E-state index contributed by atoms with van der Waals surface area (Å²) in [6.07, 6.45) is 8.25. The quantitative estimate of drug-likeness (QED) is 0.207. The molecule has 1 aromatic carbocycles. The lowest BCUT2D eigenvalue weighted by molar-refractivity contribution is -0.132. The Bertz CT molecular complexity index is 2130. The Hall–Kier alpha value is -4.18. The number of fused-ring (bicyclic) bond motifs is 2. The highest BCUT2D eigenvalue weighted by Gasteiger charge is 2.64. The van der Waals surface area contributed by atoms with Crippen LogP contribution in [0.1, 0.15) is 118 Å². The lowest BCUT2D eigenvalue weighted by Crippen LogP contribution is -2.57. The first-order chi connectivity index (χ1) is 27.5. The Morgan fingerprint density at radius 1 is 1.00 bits per heavy atom. The highest BCUT2D eigenvalue weighted by atomic mass is 32.2. The zero-order valence-corrected chi connectivity index (χ0v) is 36.2. The molecule has 0 unspecified atom stereocenters. The van der Waals surface area contributed by atoms with Gasteiger partial charge in [0.05, 0.1) is 29.6 Å². The van der Waals surface area contributed by atoms with Crippen molar-refractivity contribution in [3.8, 4) is 22.9 Å². The normalized spacial score (nSPS) is 25.9.